The van der Waals surface area contributed by atoms with Crippen LogP contribution in [0.15, 0.2) is 12.1 Å². The highest BCUT2D eigenvalue weighted by molar-refractivity contribution is 6.32. The van der Waals surface area contributed by atoms with Gasteiger partial charge in [-0.3, -0.25) is 0 Å². The second-order valence-electron chi connectivity index (χ2n) is 2.55. The summed E-state index contributed by atoms with van der Waals surface area (Å²) < 4.78 is 61.4. The molecule has 0 fully saturated rings. The first kappa shape index (κ1) is 10.0. The monoisotopic (exact) mass is 194 g/mol. The lowest BCUT2D eigenvalue weighted by atomic mass is 9.93. The average molecular weight is 194 g/mol. The van der Waals surface area contributed by atoms with E-state index in [1.807, 2.05) is 0 Å². The fourth-order valence-electron chi connectivity index (χ4n) is 0.917. The van der Waals surface area contributed by atoms with Gasteiger partial charge in [-0.25, -0.2) is 8.78 Å². The molecule has 0 radical (unpaired) electrons. The van der Waals surface area contributed by atoms with Crippen LogP contribution in [0.1, 0.15) is 5.56 Å². The molecule has 0 amide bonds. The van der Waals surface area contributed by atoms with Crippen LogP contribution in [0.4, 0.5) is 22.0 Å². The third-order valence-electron chi connectivity index (χ3n) is 1.57. The van der Waals surface area contributed by atoms with E-state index in [0.29, 0.717) is 6.07 Å². The van der Waals surface area contributed by atoms with Gasteiger partial charge in [0.2, 0.25) is 0 Å². The lowest BCUT2D eigenvalue weighted by Crippen LogP contribution is -2.19. The zero-order chi connectivity index (χ0) is 10.2. The summed E-state index contributed by atoms with van der Waals surface area (Å²) in [5, 5.41) is 0. The molecule has 0 nitrogen and oxygen atoms in total. The van der Waals surface area contributed by atoms with Gasteiger partial charge in [-0.15, -0.1) is 0 Å². The first-order chi connectivity index (χ1) is 5.84. The van der Waals surface area contributed by atoms with Crippen LogP contribution < -0.4 is 5.46 Å². The van der Waals surface area contributed by atoms with E-state index in [-0.39, 0.29) is 5.46 Å². The van der Waals surface area contributed by atoms with Crippen molar-refractivity contribution in [3.63, 3.8) is 0 Å². The Balaban J connectivity index is 3.43. The summed E-state index contributed by atoms with van der Waals surface area (Å²) in [7, 11) is 1.14. The molecule has 0 aliphatic heterocycles. The minimum atomic E-state index is -4.99. The minimum absolute atomic E-state index is 0.228. The molecule has 1 aromatic carbocycles. The van der Waals surface area contributed by atoms with Gasteiger partial charge < -0.3 is 0 Å². The van der Waals surface area contributed by atoms with E-state index < -0.39 is 23.4 Å². The van der Waals surface area contributed by atoms with E-state index in [9.17, 15) is 22.0 Å². The molecule has 1 aromatic rings. The topological polar surface area (TPSA) is 0 Å². The first-order valence-electron chi connectivity index (χ1n) is 3.36. The molecule has 0 saturated heterocycles. The van der Waals surface area contributed by atoms with Crippen LogP contribution in [0.2, 0.25) is 0 Å². The molecule has 0 aliphatic carbocycles. The molecule has 0 unspecified atom stereocenters. The molecule has 0 bridgehead atoms. The normalized spacial score (nSPS) is 11.8. The fourth-order valence-corrected chi connectivity index (χ4v) is 0.917. The van der Waals surface area contributed by atoms with Crippen LogP contribution in [-0.4, -0.2) is 7.85 Å². The van der Waals surface area contributed by atoms with Gasteiger partial charge in [-0.05, 0) is 6.07 Å². The Morgan fingerprint density at radius 2 is 1.62 bits per heavy atom. The third-order valence-corrected chi connectivity index (χ3v) is 1.57. The van der Waals surface area contributed by atoms with E-state index in [4.69, 9.17) is 0 Å². The number of alkyl halides is 3. The smallest absolute Gasteiger partial charge is 0.207 e. The molecule has 0 heterocycles. The minimum Gasteiger partial charge on any atom is -0.207 e. The fraction of sp³-hybridized carbons (Fsp3) is 0.143. The highest BCUT2D eigenvalue weighted by atomic mass is 19.4. The van der Waals surface area contributed by atoms with Gasteiger partial charge >= 0.3 is 6.18 Å². The molecular weight excluding hydrogens is 190 g/mol. The quantitative estimate of drug-likeness (QED) is 0.430. The van der Waals surface area contributed by atoms with Crippen molar-refractivity contribution in [3.05, 3.63) is 29.3 Å². The van der Waals surface area contributed by atoms with Crippen molar-refractivity contribution < 1.29 is 22.0 Å². The van der Waals surface area contributed by atoms with Crippen LogP contribution in [0.25, 0.3) is 0 Å². The molecule has 0 N–H and O–H groups in total. The summed E-state index contributed by atoms with van der Waals surface area (Å²) in [6, 6.07) is 1.56. The molecular formula is C7H4BF5. The van der Waals surface area contributed by atoms with Crippen molar-refractivity contribution in [1.82, 2.24) is 0 Å². The van der Waals surface area contributed by atoms with E-state index in [1.54, 1.807) is 0 Å². The van der Waals surface area contributed by atoms with Crippen LogP contribution >= 0.6 is 0 Å². The van der Waals surface area contributed by atoms with Gasteiger partial charge in [0, 0.05) is 0 Å². The van der Waals surface area contributed by atoms with Crippen molar-refractivity contribution in [3.8, 4) is 0 Å². The lowest BCUT2D eigenvalue weighted by molar-refractivity contribution is -0.142. The molecule has 0 spiro atoms. The molecule has 0 atom stereocenters. The van der Waals surface area contributed by atoms with Crippen molar-refractivity contribution >= 4 is 13.3 Å². The van der Waals surface area contributed by atoms with E-state index >= 15 is 0 Å². The maximum atomic E-state index is 12.8. The van der Waals surface area contributed by atoms with Crippen LogP contribution in [0.5, 0.6) is 0 Å². The summed E-state index contributed by atoms with van der Waals surface area (Å²) in [6.07, 6.45) is -4.99. The molecule has 0 aliphatic rings. The zero-order valence-electron chi connectivity index (χ0n) is 6.54. The molecule has 13 heavy (non-hydrogen) atoms. The summed E-state index contributed by atoms with van der Waals surface area (Å²) >= 11 is 0. The Kier molecular flexibility index (Phi) is 2.32. The molecule has 0 saturated carbocycles. The Labute approximate surface area is 71.8 Å². The molecule has 70 valence electrons. The van der Waals surface area contributed by atoms with Crippen molar-refractivity contribution in [2.24, 2.45) is 0 Å². The summed E-state index contributed by atoms with van der Waals surface area (Å²) in [5.74, 6) is -3.14. The molecule has 1 rings (SSSR count). The SMILES string of the molecule is Bc1ccc(F)c(C(F)(F)F)c1F. The van der Waals surface area contributed by atoms with Gasteiger partial charge in [0.15, 0.2) is 0 Å². The van der Waals surface area contributed by atoms with Gasteiger partial charge in [0.05, 0.1) is 0 Å². The summed E-state index contributed by atoms with van der Waals surface area (Å²) in [6.45, 7) is 0. The first-order valence-corrected chi connectivity index (χ1v) is 3.36. The van der Waals surface area contributed by atoms with Crippen LogP contribution in [0.3, 0.4) is 0 Å². The summed E-state index contributed by atoms with van der Waals surface area (Å²) in [5.41, 5.74) is -2.05. The second kappa shape index (κ2) is 3.01. The number of hydrogen-bond donors (Lipinski definition) is 0. The molecule has 0 aromatic heterocycles. The lowest BCUT2D eigenvalue weighted by Gasteiger charge is -2.10. The Bertz CT molecular complexity index is 330. The number of halogens is 5. The Morgan fingerprint density at radius 3 is 2.00 bits per heavy atom. The van der Waals surface area contributed by atoms with Gasteiger partial charge in [0.1, 0.15) is 25.0 Å². The standard InChI is InChI=1S/C7H4BF5/c8-3-1-2-4(9)5(6(3)10)7(11,12)13/h1-2H,8H2. The maximum Gasteiger partial charge on any atom is 0.422 e. The number of rotatable bonds is 0. The average Bonchev–Trinajstić information content (AvgIpc) is 1.95. The number of benzene rings is 1. The number of hydrogen-bond acceptors (Lipinski definition) is 0. The van der Waals surface area contributed by atoms with Crippen LogP contribution in [-0.2, 0) is 6.18 Å². The van der Waals surface area contributed by atoms with Gasteiger partial charge in [-0.1, -0.05) is 11.5 Å². The van der Waals surface area contributed by atoms with Crippen LogP contribution in [0, 0.1) is 11.6 Å². The van der Waals surface area contributed by atoms with Crippen molar-refractivity contribution in [2.75, 3.05) is 0 Å². The van der Waals surface area contributed by atoms with E-state index in [0.717, 1.165) is 13.9 Å². The van der Waals surface area contributed by atoms with E-state index in [1.165, 1.54) is 0 Å². The van der Waals surface area contributed by atoms with Gasteiger partial charge in [0.25, 0.3) is 0 Å². The van der Waals surface area contributed by atoms with Gasteiger partial charge in [-0.2, -0.15) is 13.2 Å². The Hall–Kier alpha value is -1.07. The molecule has 6 heteroatoms. The van der Waals surface area contributed by atoms with Crippen molar-refractivity contribution in [2.45, 2.75) is 6.18 Å². The Morgan fingerprint density at radius 1 is 1.08 bits per heavy atom. The van der Waals surface area contributed by atoms with Crippen molar-refractivity contribution in [1.29, 1.82) is 0 Å². The second-order valence-corrected chi connectivity index (χ2v) is 2.55. The highest BCUT2D eigenvalue weighted by Crippen LogP contribution is 2.32. The third kappa shape index (κ3) is 1.81. The highest BCUT2D eigenvalue weighted by Gasteiger charge is 2.37. The zero-order valence-corrected chi connectivity index (χ0v) is 6.54. The summed E-state index contributed by atoms with van der Waals surface area (Å²) in [4.78, 5) is 0. The maximum absolute atomic E-state index is 12.8. The predicted octanol–water partition coefficient (Wildman–Crippen LogP) is 1.24. The predicted molar refractivity (Wildman–Crippen MR) is 39.5 cm³/mol. The van der Waals surface area contributed by atoms with E-state index in [2.05, 4.69) is 0 Å². The largest absolute Gasteiger partial charge is 0.422 e.